The number of rotatable bonds is 6. The predicted molar refractivity (Wildman–Crippen MR) is 105 cm³/mol. The third-order valence-corrected chi connectivity index (χ3v) is 7.16. The molecule has 0 aliphatic heterocycles. The Morgan fingerprint density at radius 3 is 2.92 bits per heavy atom. The summed E-state index contributed by atoms with van der Waals surface area (Å²) in [5.74, 6) is 0.618. The lowest BCUT2D eigenvalue weighted by molar-refractivity contribution is -0.146. The maximum atomic E-state index is 12.1. The molecular weight excluding hydrogens is 368 g/mol. The number of para-hydroxylation sites is 1. The molecule has 3 unspecified atom stereocenters. The van der Waals surface area contributed by atoms with Crippen molar-refractivity contribution < 1.29 is 14.3 Å². The number of carbonyl (C=O) groups excluding carboxylic acids is 2. The number of carbonyl (C=O) groups is 2. The molecule has 5 nitrogen and oxygen atoms in total. The second-order valence-corrected chi connectivity index (χ2v) is 9.09. The van der Waals surface area contributed by atoms with Crippen molar-refractivity contribution in [3.05, 3.63) is 24.3 Å². The highest BCUT2D eigenvalue weighted by Gasteiger charge is 2.28. The second-order valence-electron chi connectivity index (χ2n) is 6.84. The van der Waals surface area contributed by atoms with E-state index in [1.165, 1.54) is 18.2 Å². The molecule has 1 saturated carbocycles. The van der Waals surface area contributed by atoms with Crippen molar-refractivity contribution in [1.82, 2.24) is 10.3 Å². The Bertz CT molecular complexity index is 744. The number of fused-ring (bicyclic) bond motifs is 1. The Morgan fingerprint density at radius 1 is 1.31 bits per heavy atom. The molecular formula is C19H24N2O3S2. The van der Waals surface area contributed by atoms with E-state index in [0.717, 1.165) is 27.4 Å². The number of amides is 1. The lowest BCUT2D eigenvalue weighted by atomic mass is 9.78. The third kappa shape index (κ3) is 4.98. The fourth-order valence-electron chi connectivity index (χ4n) is 3.26. The summed E-state index contributed by atoms with van der Waals surface area (Å²) >= 11 is 2.90. The summed E-state index contributed by atoms with van der Waals surface area (Å²) in [4.78, 5) is 28.4. The zero-order valence-electron chi connectivity index (χ0n) is 15.1. The van der Waals surface area contributed by atoms with Crippen LogP contribution in [0.25, 0.3) is 10.2 Å². The van der Waals surface area contributed by atoms with Gasteiger partial charge in [-0.15, -0.1) is 11.3 Å². The first kappa shape index (κ1) is 19.2. The van der Waals surface area contributed by atoms with Crippen LogP contribution >= 0.6 is 23.1 Å². The minimum atomic E-state index is -0.394. The van der Waals surface area contributed by atoms with Crippen LogP contribution in [0.15, 0.2) is 28.6 Å². The van der Waals surface area contributed by atoms with E-state index < -0.39 is 5.97 Å². The molecule has 1 aromatic heterocycles. The zero-order chi connectivity index (χ0) is 18.5. The summed E-state index contributed by atoms with van der Waals surface area (Å²) in [6, 6.07) is 8.05. The van der Waals surface area contributed by atoms with Crippen molar-refractivity contribution in [2.24, 2.45) is 11.8 Å². The lowest BCUT2D eigenvalue weighted by Crippen LogP contribution is -2.45. The summed E-state index contributed by atoms with van der Waals surface area (Å²) in [6.07, 6.45) is 3.35. The van der Waals surface area contributed by atoms with Gasteiger partial charge in [-0.1, -0.05) is 50.6 Å². The van der Waals surface area contributed by atoms with E-state index in [1.54, 1.807) is 11.3 Å². The summed E-state index contributed by atoms with van der Waals surface area (Å²) in [7, 11) is 0. The van der Waals surface area contributed by atoms with Gasteiger partial charge in [-0.05, 0) is 30.4 Å². The van der Waals surface area contributed by atoms with Crippen LogP contribution in [0, 0.1) is 11.8 Å². The smallest absolute Gasteiger partial charge is 0.316 e. The minimum Gasteiger partial charge on any atom is -0.455 e. The molecule has 0 radical (unpaired) electrons. The monoisotopic (exact) mass is 392 g/mol. The molecule has 3 atom stereocenters. The van der Waals surface area contributed by atoms with Gasteiger partial charge in [0.2, 0.25) is 0 Å². The Labute approximate surface area is 161 Å². The van der Waals surface area contributed by atoms with Gasteiger partial charge >= 0.3 is 5.97 Å². The molecule has 1 amide bonds. The van der Waals surface area contributed by atoms with Gasteiger partial charge in [0.1, 0.15) is 0 Å². The Balaban J connectivity index is 1.40. The molecule has 140 valence electrons. The SMILES string of the molecule is CC1CCCC(NC(=O)COC(=O)CSc2nc3ccccc3s2)C1C. The highest BCUT2D eigenvalue weighted by atomic mass is 32.2. The van der Waals surface area contributed by atoms with E-state index in [1.807, 2.05) is 24.3 Å². The van der Waals surface area contributed by atoms with Gasteiger partial charge in [0.15, 0.2) is 10.9 Å². The number of nitrogens with one attached hydrogen (secondary N) is 1. The van der Waals surface area contributed by atoms with Gasteiger partial charge in [0, 0.05) is 6.04 Å². The number of hydrogen-bond acceptors (Lipinski definition) is 6. The average Bonchev–Trinajstić information content (AvgIpc) is 3.05. The van der Waals surface area contributed by atoms with Crippen molar-refractivity contribution in [2.45, 2.75) is 43.5 Å². The van der Waals surface area contributed by atoms with Gasteiger partial charge in [-0.2, -0.15) is 0 Å². The molecule has 0 saturated heterocycles. The third-order valence-electron chi connectivity index (χ3n) is 5.01. The van der Waals surface area contributed by atoms with Crippen LogP contribution in [0.4, 0.5) is 0 Å². The van der Waals surface area contributed by atoms with Crippen molar-refractivity contribution in [3.8, 4) is 0 Å². The predicted octanol–water partition coefficient (Wildman–Crippen LogP) is 3.87. The first-order chi connectivity index (χ1) is 12.5. The highest BCUT2D eigenvalue weighted by Crippen LogP contribution is 2.30. The second kappa shape index (κ2) is 8.86. The van der Waals surface area contributed by atoms with E-state index in [4.69, 9.17) is 4.74 Å². The van der Waals surface area contributed by atoms with E-state index in [2.05, 4.69) is 24.1 Å². The first-order valence-corrected chi connectivity index (χ1v) is 10.8. The van der Waals surface area contributed by atoms with Crippen LogP contribution in [-0.4, -0.2) is 35.3 Å². The van der Waals surface area contributed by atoms with Crippen molar-refractivity contribution >= 4 is 45.2 Å². The molecule has 0 spiro atoms. The first-order valence-electron chi connectivity index (χ1n) is 8.96. The largest absolute Gasteiger partial charge is 0.455 e. The maximum Gasteiger partial charge on any atom is 0.316 e. The quantitative estimate of drug-likeness (QED) is 0.597. The van der Waals surface area contributed by atoms with Crippen LogP contribution < -0.4 is 5.32 Å². The van der Waals surface area contributed by atoms with Crippen LogP contribution in [0.3, 0.4) is 0 Å². The molecule has 1 aliphatic rings. The van der Waals surface area contributed by atoms with Crippen molar-refractivity contribution in [1.29, 1.82) is 0 Å². The van der Waals surface area contributed by atoms with Gasteiger partial charge in [0.25, 0.3) is 5.91 Å². The maximum absolute atomic E-state index is 12.1. The Morgan fingerprint density at radius 2 is 2.12 bits per heavy atom. The Kier molecular flexibility index (Phi) is 6.53. The minimum absolute atomic E-state index is 0.157. The van der Waals surface area contributed by atoms with Crippen LogP contribution in [0.2, 0.25) is 0 Å². The van der Waals surface area contributed by atoms with Crippen molar-refractivity contribution in [2.75, 3.05) is 12.4 Å². The Hall–Kier alpha value is -1.60. The normalized spacial score (nSPS) is 22.9. The van der Waals surface area contributed by atoms with Crippen LogP contribution in [-0.2, 0) is 14.3 Å². The highest BCUT2D eigenvalue weighted by molar-refractivity contribution is 8.01. The summed E-state index contributed by atoms with van der Waals surface area (Å²) in [6.45, 7) is 4.19. The standard InChI is InChI=1S/C19H24N2O3S2/c1-12-6-5-8-14(13(12)2)20-17(22)10-24-18(23)11-25-19-21-15-7-3-4-9-16(15)26-19/h3-4,7,9,12-14H,5-6,8,10-11H2,1-2H3,(H,20,22). The number of hydrogen-bond donors (Lipinski definition) is 1. The number of thiazole rings is 1. The number of ether oxygens (including phenoxy) is 1. The molecule has 26 heavy (non-hydrogen) atoms. The van der Waals surface area contributed by atoms with Crippen molar-refractivity contribution in [3.63, 3.8) is 0 Å². The molecule has 0 bridgehead atoms. The van der Waals surface area contributed by atoms with E-state index in [9.17, 15) is 9.59 Å². The van der Waals surface area contributed by atoms with Crippen LogP contribution in [0.5, 0.6) is 0 Å². The molecule has 2 aromatic rings. The van der Waals surface area contributed by atoms with Gasteiger partial charge in [-0.25, -0.2) is 4.98 Å². The fourth-order valence-corrected chi connectivity index (χ4v) is 5.12. The van der Waals surface area contributed by atoms with Gasteiger partial charge in [0.05, 0.1) is 16.0 Å². The molecule has 1 N–H and O–H groups in total. The number of benzene rings is 1. The number of nitrogens with zero attached hydrogens (tertiary/aromatic N) is 1. The molecule has 1 aliphatic carbocycles. The molecule has 3 rings (SSSR count). The average molecular weight is 393 g/mol. The summed E-state index contributed by atoms with van der Waals surface area (Å²) in [5.41, 5.74) is 0.934. The van der Waals surface area contributed by atoms with E-state index in [-0.39, 0.29) is 24.3 Å². The summed E-state index contributed by atoms with van der Waals surface area (Å²) in [5, 5.41) is 3.01. The number of esters is 1. The molecule has 1 fully saturated rings. The zero-order valence-corrected chi connectivity index (χ0v) is 16.7. The number of thioether (sulfide) groups is 1. The fraction of sp³-hybridized carbons (Fsp3) is 0.526. The molecule has 1 heterocycles. The van der Waals surface area contributed by atoms with Crippen LogP contribution in [0.1, 0.15) is 33.1 Å². The van der Waals surface area contributed by atoms with E-state index >= 15 is 0 Å². The summed E-state index contributed by atoms with van der Waals surface area (Å²) < 4.78 is 7.04. The van der Waals surface area contributed by atoms with E-state index in [0.29, 0.717) is 11.8 Å². The molecule has 7 heteroatoms. The lowest BCUT2D eigenvalue weighted by Gasteiger charge is -2.34. The van der Waals surface area contributed by atoms with Gasteiger partial charge in [-0.3, -0.25) is 9.59 Å². The topological polar surface area (TPSA) is 68.3 Å². The molecule has 1 aromatic carbocycles. The van der Waals surface area contributed by atoms with Gasteiger partial charge < -0.3 is 10.1 Å². The number of aromatic nitrogens is 1.